The Kier molecular flexibility index (Phi) is 10.4. The van der Waals surface area contributed by atoms with Gasteiger partial charge in [-0.15, -0.1) is 0 Å². The van der Waals surface area contributed by atoms with E-state index < -0.39 is 36.6 Å². The van der Waals surface area contributed by atoms with Gasteiger partial charge in [-0.3, -0.25) is 14.4 Å². The fourth-order valence-corrected chi connectivity index (χ4v) is 6.62. The maximum Gasteiger partial charge on any atom is 1.00 e. The Balaban J connectivity index is 0.000000707. The van der Waals surface area contributed by atoms with Gasteiger partial charge < -0.3 is 29.5 Å². The minimum absolute atomic E-state index is 0. The molecule has 0 aromatic rings. The molecule has 0 amide bonds. The van der Waals surface area contributed by atoms with Gasteiger partial charge in [0, 0.05) is 23.2 Å². The molecule has 0 bridgehead atoms. The van der Waals surface area contributed by atoms with Gasteiger partial charge in [0.15, 0.2) is 11.6 Å². The molecule has 172 valence electrons. The summed E-state index contributed by atoms with van der Waals surface area (Å²) in [7, 11) is -5.14. The number of hydrogen-bond acceptors (Lipinski definition) is 8. The van der Waals surface area contributed by atoms with Gasteiger partial charge >= 0.3 is 59.1 Å². The second kappa shape index (κ2) is 10.9. The van der Waals surface area contributed by atoms with Gasteiger partial charge in [0.1, 0.15) is 18.0 Å². The van der Waals surface area contributed by atoms with E-state index in [1.54, 1.807) is 12.2 Å². The minimum Gasteiger partial charge on any atom is -0.790 e. The van der Waals surface area contributed by atoms with Crippen LogP contribution >= 0.6 is 7.82 Å². The van der Waals surface area contributed by atoms with Crippen molar-refractivity contribution in [1.29, 1.82) is 0 Å². The second-order valence-corrected chi connectivity index (χ2v) is 10.4. The summed E-state index contributed by atoms with van der Waals surface area (Å²) in [5.41, 5.74) is -1.86. The molecule has 4 rings (SSSR count). The van der Waals surface area contributed by atoms with Crippen molar-refractivity contribution in [2.75, 3.05) is 6.61 Å². The smallest absolute Gasteiger partial charge is 0.790 e. The van der Waals surface area contributed by atoms with E-state index in [0.29, 0.717) is 12.8 Å². The first-order valence-corrected chi connectivity index (χ1v) is 11.8. The number of carbonyl (C=O) groups is 3. The Bertz CT molecular complexity index is 920. The van der Waals surface area contributed by atoms with E-state index in [9.17, 15) is 24.6 Å². The van der Waals surface area contributed by atoms with Crippen LogP contribution in [-0.2, 0) is 18.9 Å². The first-order chi connectivity index (χ1) is 14.2. The molecule has 6 atom stereocenters. The first kappa shape index (κ1) is 31.5. The maximum atomic E-state index is 13.3. The van der Waals surface area contributed by atoms with Crippen LogP contribution in [0, 0.1) is 28.6 Å². The van der Waals surface area contributed by atoms with Crippen LogP contribution in [0.4, 0.5) is 0 Å². The molecule has 0 aromatic heterocycles. The third-order valence-corrected chi connectivity index (χ3v) is 8.01. The monoisotopic (exact) mass is 500 g/mol. The number of allylic oxidation sites excluding steroid dienone is 4. The summed E-state index contributed by atoms with van der Waals surface area (Å²) in [6, 6.07) is 0. The fourth-order valence-electron chi connectivity index (χ4n) is 6.62. The molecule has 3 fully saturated rings. The van der Waals surface area contributed by atoms with E-state index >= 15 is 0 Å². The van der Waals surface area contributed by atoms with Crippen molar-refractivity contribution in [2.24, 2.45) is 28.6 Å². The van der Waals surface area contributed by atoms with Crippen molar-refractivity contribution in [3.8, 4) is 0 Å². The van der Waals surface area contributed by atoms with Crippen LogP contribution < -0.4 is 68.9 Å². The molecule has 3 saturated carbocycles. The molecule has 0 spiro atoms. The summed E-state index contributed by atoms with van der Waals surface area (Å²) in [6.07, 6.45) is 7.82. The number of rotatable bonds is 2. The molecule has 12 heteroatoms. The third kappa shape index (κ3) is 5.60. The number of carbonyl (C=O) groups excluding carboxylic acids is 3. The molecule has 0 aromatic carbocycles. The zero-order chi connectivity index (χ0) is 23.4. The van der Waals surface area contributed by atoms with Crippen LogP contribution in [-0.4, -0.2) is 44.7 Å². The summed E-state index contributed by atoms with van der Waals surface area (Å²) in [4.78, 5) is 61.7. The van der Waals surface area contributed by atoms with Gasteiger partial charge in [-0.05, 0) is 49.7 Å². The molecule has 0 radical (unpaired) electrons. The average molecular weight is 500 g/mol. The van der Waals surface area contributed by atoms with Crippen LogP contribution in [0.15, 0.2) is 23.8 Å². The molecule has 0 saturated heterocycles. The molecular weight excluding hydrogens is 473 g/mol. The topological polar surface area (TPSA) is 175 Å². The number of aliphatic hydroxyl groups excluding tert-OH is 1. The van der Waals surface area contributed by atoms with Crippen molar-refractivity contribution in [3.05, 3.63) is 23.8 Å². The van der Waals surface area contributed by atoms with E-state index in [1.165, 1.54) is 0 Å². The van der Waals surface area contributed by atoms with Crippen molar-refractivity contribution in [1.82, 2.24) is 0 Å². The molecule has 0 unspecified atom stereocenters. The summed E-state index contributed by atoms with van der Waals surface area (Å²) < 4.78 is 8.66. The zero-order valence-corrected chi connectivity index (χ0v) is 24.3. The minimum atomic E-state index is -5.14. The van der Waals surface area contributed by atoms with E-state index in [-0.39, 0.29) is 94.9 Å². The number of phosphoric acid groups is 1. The first-order valence-electron chi connectivity index (χ1n) is 10.3. The molecule has 33 heavy (non-hydrogen) atoms. The Hall–Kier alpha value is 0.520. The number of aliphatic hydroxyl groups is 2. The summed E-state index contributed by atoms with van der Waals surface area (Å²) in [5, 5.41) is 20.5. The van der Waals surface area contributed by atoms with Crippen LogP contribution in [0.2, 0.25) is 0 Å². The quantitative estimate of drug-likeness (QED) is 0.246. The van der Waals surface area contributed by atoms with Gasteiger partial charge in [0.05, 0.1) is 7.82 Å². The normalized spacial score (nSPS) is 38.9. The van der Waals surface area contributed by atoms with E-state index in [2.05, 4.69) is 0 Å². The largest absolute Gasteiger partial charge is 1.00 e. The van der Waals surface area contributed by atoms with E-state index in [1.807, 2.05) is 19.9 Å². The van der Waals surface area contributed by atoms with E-state index in [4.69, 9.17) is 19.2 Å². The molecular formula is C21H27Na2O9P. The molecule has 4 aliphatic rings. The Morgan fingerprint density at radius 1 is 1.21 bits per heavy atom. The van der Waals surface area contributed by atoms with Gasteiger partial charge in [0.2, 0.25) is 0 Å². The Labute approximate surface area is 236 Å². The maximum absolute atomic E-state index is 13.3. The number of hydrogen-bond donors (Lipinski definition) is 3. The number of ketones is 3. The van der Waals surface area contributed by atoms with Gasteiger partial charge in [-0.2, -0.15) is 0 Å². The van der Waals surface area contributed by atoms with E-state index in [0.717, 1.165) is 18.4 Å². The van der Waals surface area contributed by atoms with Gasteiger partial charge in [-0.25, -0.2) is 0 Å². The molecule has 9 nitrogen and oxygen atoms in total. The Morgan fingerprint density at radius 3 is 2.33 bits per heavy atom. The van der Waals surface area contributed by atoms with Crippen molar-refractivity contribution >= 4 is 25.2 Å². The van der Waals surface area contributed by atoms with Crippen molar-refractivity contribution in [2.45, 2.75) is 51.6 Å². The van der Waals surface area contributed by atoms with Crippen LogP contribution in [0.1, 0.15) is 46.0 Å². The van der Waals surface area contributed by atoms with Crippen molar-refractivity contribution in [3.63, 3.8) is 0 Å². The Morgan fingerprint density at radius 2 is 1.79 bits per heavy atom. The average Bonchev–Trinajstić information content (AvgIpc) is 2.91. The van der Waals surface area contributed by atoms with Gasteiger partial charge in [0.25, 0.3) is 0 Å². The molecule has 4 aliphatic carbocycles. The summed E-state index contributed by atoms with van der Waals surface area (Å²) in [5.74, 6) is -0.590. The van der Waals surface area contributed by atoms with Crippen LogP contribution in [0.5, 0.6) is 0 Å². The van der Waals surface area contributed by atoms with Gasteiger partial charge in [-0.1, -0.05) is 25.5 Å². The molecule has 3 N–H and O–H groups in total. The second-order valence-electron chi connectivity index (χ2n) is 9.48. The fraction of sp³-hybridized carbons (Fsp3) is 0.667. The predicted octanol–water partition coefficient (Wildman–Crippen LogP) is -6.42. The predicted molar refractivity (Wildman–Crippen MR) is 104 cm³/mol. The summed E-state index contributed by atoms with van der Waals surface area (Å²) in [6.45, 7) is 3.19. The van der Waals surface area contributed by atoms with Crippen molar-refractivity contribution < 1.29 is 103 Å². The molecule has 0 aliphatic heterocycles. The molecule has 0 heterocycles. The zero-order valence-electron chi connectivity index (χ0n) is 19.4. The van der Waals surface area contributed by atoms with Crippen LogP contribution in [0.25, 0.3) is 0 Å². The SMILES string of the molecule is C[C@]12C=CC(=O)C=C1CC[C@@H]1[C@@H]2C(=O)C[C@@]2(C)[C@H]1CC[C@]2(O)C(=O)CO.O=P([O-])([O-])O.[Na+].[Na+]. The van der Waals surface area contributed by atoms with Crippen LogP contribution in [0.3, 0.4) is 0 Å². The standard InChI is InChI=1S/C21H26O5.2Na.H3O4P/c1-19-7-5-13(23)9-12(19)3-4-14-15-6-8-21(26,17(25)11-22)20(15,2)10-16(24)18(14)19;;;1-5(2,3)4/h5,7,9,14-15,18,22,26H,3-4,6,8,10-11H2,1-2H3;;;(H3,1,2,3,4)/q;2*+1;/p-2/t14-,15-,18+,19-,20-,21-;;;/m0.../s1. The number of fused-ring (bicyclic) bond motifs is 5. The number of Topliss-reactive ketones (excluding diaryl/α,β-unsaturated/α-hetero) is 2. The summed E-state index contributed by atoms with van der Waals surface area (Å²) >= 11 is 0. The third-order valence-electron chi connectivity index (χ3n) is 8.01.